The number of anilines is 1. The van der Waals surface area contributed by atoms with Gasteiger partial charge in [0, 0.05) is 24.8 Å². The van der Waals surface area contributed by atoms with Crippen molar-refractivity contribution in [2.45, 2.75) is 32.9 Å². The van der Waals surface area contributed by atoms with Crippen LogP contribution in [0, 0.1) is 6.92 Å². The molecule has 0 amide bonds. The Hall–Kier alpha value is -1.06. The second-order valence-electron chi connectivity index (χ2n) is 4.46. The molecular weight excluding hydrogens is 200 g/mol. The van der Waals surface area contributed by atoms with E-state index in [4.69, 9.17) is 0 Å². The summed E-state index contributed by atoms with van der Waals surface area (Å²) in [5, 5.41) is 16.1. The average molecular weight is 222 g/mol. The molecule has 0 bridgehead atoms. The predicted octanol–water partition coefficient (Wildman–Crippen LogP) is 1.77. The standard InChI is InChI=1S/C13H22N2O/c1-10(2)14-8-13(16)9-15-12-6-4-11(3)5-7-12/h4-7,10,13-16H,8-9H2,1-3H3. The Morgan fingerprint density at radius 3 is 2.31 bits per heavy atom. The van der Waals surface area contributed by atoms with E-state index < -0.39 is 0 Å². The van der Waals surface area contributed by atoms with Crippen molar-refractivity contribution in [3.63, 3.8) is 0 Å². The summed E-state index contributed by atoms with van der Waals surface area (Å²) in [6, 6.07) is 8.58. The summed E-state index contributed by atoms with van der Waals surface area (Å²) in [6.45, 7) is 7.39. The fourth-order valence-electron chi connectivity index (χ4n) is 1.35. The fraction of sp³-hybridized carbons (Fsp3) is 0.538. The van der Waals surface area contributed by atoms with Crippen molar-refractivity contribution >= 4 is 5.69 Å². The minimum absolute atomic E-state index is 0.358. The van der Waals surface area contributed by atoms with Crippen molar-refractivity contribution in [3.8, 4) is 0 Å². The molecule has 0 aliphatic heterocycles. The van der Waals surface area contributed by atoms with Crippen LogP contribution in [0.4, 0.5) is 5.69 Å². The van der Waals surface area contributed by atoms with E-state index in [9.17, 15) is 5.11 Å². The molecule has 16 heavy (non-hydrogen) atoms. The number of aryl methyl sites for hydroxylation is 1. The number of rotatable bonds is 6. The summed E-state index contributed by atoms with van der Waals surface area (Å²) in [7, 11) is 0. The summed E-state index contributed by atoms with van der Waals surface area (Å²) < 4.78 is 0. The van der Waals surface area contributed by atoms with Gasteiger partial charge in [-0.05, 0) is 19.1 Å². The number of hydrogen-bond donors (Lipinski definition) is 3. The maximum atomic E-state index is 9.69. The molecule has 0 aliphatic rings. The first kappa shape index (κ1) is 13.0. The van der Waals surface area contributed by atoms with Crippen molar-refractivity contribution in [2.75, 3.05) is 18.4 Å². The Morgan fingerprint density at radius 1 is 1.12 bits per heavy atom. The molecule has 3 N–H and O–H groups in total. The van der Waals surface area contributed by atoms with Gasteiger partial charge in [0.05, 0.1) is 6.10 Å². The largest absolute Gasteiger partial charge is 0.390 e. The molecule has 0 spiro atoms. The van der Waals surface area contributed by atoms with Crippen molar-refractivity contribution in [1.82, 2.24) is 5.32 Å². The monoisotopic (exact) mass is 222 g/mol. The number of nitrogens with one attached hydrogen (secondary N) is 2. The normalized spacial score (nSPS) is 12.8. The molecular formula is C13H22N2O. The van der Waals surface area contributed by atoms with Crippen LogP contribution in [0.1, 0.15) is 19.4 Å². The van der Waals surface area contributed by atoms with E-state index in [-0.39, 0.29) is 6.10 Å². The van der Waals surface area contributed by atoms with Gasteiger partial charge in [-0.25, -0.2) is 0 Å². The molecule has 0 aromatic heterocycles. The highest BCUT2D eigenvalue weighted by Gasteiger charge is 2.04. The molecule has 1 aromatic rings. The summed E-state index contributed by atoms with van der Waals surface area (Å²) >= 11 is 0. The third kappa shape index (κ3) is 5.14. The molecule has 90 valence electrons. The van der Waals surface area contributed by atoms with Crippen molar-refractivity contribution in [2.24, 2.45) is 0 Å². The lowest BCUT2D eigenvalue weighted by Gasteiger charge is -2.15. The average Bonchev–Trinajstić information content (AvgIpc) is 2.25. The van der Waals surface area contributed by atoms with E-state index >= 15 is 0 Å². The van der Waals surface area contributed by atoms with E-state index in [0.717, 1.165) is 5.69 Å². The summed E-state index contributed by atoms with van der Waals surface area (Å²) in [5.74, 6) is 0. The number of aliphatic hydroxyl groups is 1. The Bertz CT molecular complexity index is 295. The third-order valence-electron chi connectivity index (χ3n) is 2.36. The van der Waals surface area contributed by atoms with Crippen molar-refractivity contribution in [1.29, 1.82) is 0 Å². The minimum atomic E-state index is -0.358. The van der Waals surface area contributed by atoms with Gasteiger partial charge >= 0.3 is 0 Å². The molecule has 0 aliphatic carbocycles. The van der Waals surface area contributed by atoms with Crippen molar-refractivity contribution in [3.05, 3.63) is 29.8 Å². The molecule has 1 aromatic carbocycles. The first-order chi connectivity index (χ1) is 7.58. The Balaban J connectivity index is 2.26. The molecule has 0 saturated heterocycles. The van der Waals surface area contributed by atoms with E-state index in [1.165, 1.54) is 5.56 Å². The fourth-order valence-corrected chi connectivity index (χ4v) is 1.35. The van der Waals surface area contributed by atoms with Gasteiger partial charge in [-0.3, -0.25) is 0 Å². The second-order valence-corrected chi connectivity index (χ2v) is 4.46. The van der Waals surface area contributed by atoms with Gasteiger partial charge in [0.2, 0.25) is 0 Å². The summed E-state index contributed by atoms with van der Waals surface area (Å²) in [5.41, 5.74) is 2.29. The van der Waals surface area contributed by atoms with Crippen LogP contribution < -0.4 is 10.6 Å². The number of aliphatic hydroxyl groups excluding tert-OH is 1. The zero-order valence-electron chi connectivity index (χ0n) is 10.3. The maximum absolute atomic E-state index is 9.69. The number of hydrogen-bond acceptors (Lipinski definition) is 3. The summed E-state index contributed by atoms with van der Waals surface area (Å²) in [4.78, 5) is 0. The highest BCUT2D eigenvalue weighted by molar-refractivity contribution is 5.44. The number of benzene rings is 1. The van der Waals surface area contributed by atoms with E-state index in [1.807, 2.05) is 12.1 Å². The van der Waals surface area contributed by atoms with Gasteiger partial charge in [-0.1, -0.05) is 31.5 Å². The highest BCUT2D eigenvalue weighted by Crippen LogP contribution is 2.08. The molecule has 0 saturated carbocycles. The van der Waals surface area contributed by atoms with Crippen LogP contribution in [-0.4, -0.2) is 30.3 Å². The lowest BCUT2D eigenvalue weighted by molar-refractivity contribution is 0.181. The van der Waals surface area contributed by atoms with Crippen LogP contribution >= 0.6 is 0 Å². The van der Waals surface area contributed by atoms with Crippen LogP contribution in [0.3, 0.4) is 0 Å². The molecule has 3 heteroatoms. The zero-order chi connectivity index (χ0) is 12.0. The van der Waals surface area contributed by atoms with Crippen molar-refractivity contribution < 1.29 is 5.11 Å². The summed E-state index contributed by atoms with van der Waals surface area (Å²) in [6.07, 6.45) is -0.358. The molecule has 0 heterocycles. The van der Waals surface area contributed by atoms with Gasteiger partial charge in [-0.2, -0.15) is 0 Å². The maximum Gasteiger partial charge on any atom is 0.0836 e. The van der Waals surface area contributed by atoms with E-state index in [2.05, 4.69) is 43.5 Å². The van der Waals surface area contributed by atoms with E-state index in [0.29, 0.717) is 19.1 Å². The van der Waals surface area contributed by atoms with Crippen LogP contribution in [0.25, 0.3) is 0 Å². The predicted molar refractivity (Wildman–Crippen MR) is 68.8 cm³/mol. The van der Waals surface area contributed by atoms with Crippen LogP contribution in [0.15, 0.2) is 24.3 Å². The van der Waals surface area contributed by atoms with Crippen LogP contribution in [-0.2, 0) is 0 Å². The molecule has 3 nitrogen and oxygen atoms in total. The van der Waals surface area contributed by atoms with Gasteiger partial charge < -0.3 is 15.7 Å². The highest BCUT2D eigenvalue weighted by atomic mass is 16.3. The van der Waals surface area contributed by atoms with Gasteiger partial charge in [0.1, 0.15) is 0 Å². The molecule has 0 fully saturated rings. The Labute approximate surface area is 97.9 Å². The lowest BCUT2D eigenvalue weighted by Crippen LogP contribution is -2.35. The molecule has 1 atom stereocenters. The van der Waals surface area contributed by atoms with Gasteiger partial charge in [-0.15, -0.1) is 0 Å². The topological polar surface area (TPSA) is 44.3 Å². The minimum Gasteiger partial charge on any atom is -0.390 e. The molecule has 0 radical (unpaired) electrons. The first-order valence-electron chi connectivity index (χ1n) is 5.80. The smallest absolute Gasteiger partial charge is 0.0836 e. The Kier molecular flexibility index (Phi) is 5.29. The van der Waals surface area contributed by atoms with Gasteiger partial charge in [0.15, 0.2) is 0 Å². The molecule has 1 unspecified atom stereocenters. The van der Waals surface area contributed by atoms with E-state index in [1.54, 1.807) is 0 Å². The molecule has 1 rings (SSSR count). The first-order valence-corrected chi connectivity index (χ1v) is 5.80. The van der Waals surface area contributed by atoms with Crippen LogP contribution in [0.2, 0.25) is 0 Å². The lowest BCUT2D eigenvalue weighted by atomic mass is 10.2. The zero-order valence-corrected chi connectivity index (χ0v) is 10.3. The Morgan fingerprint density at radius 2 is 1.75 bits per heavy atom. The van der Waals surface area contributed by atoms with Gasteiger partial charge in [0.25, 0.3) is 0 Å². The third-order valence-corrected chi connectivity index (χ3v) is 2.36. The second kappa shape index (κ2) is 6.51. The van der Waals surface area contributed by atoms with Crippen LogP contribution in [0.5, 0.6) is 0 Å². The quantitative estimate of drug-likeness (QED) is 0.687. The SMILES string of the molecule is Cc1ccc(NCC(O)CNC(C)C)cc1.